The standard InChI is InChI=1S/C10H13BO4/c1-2-3-15-10-5-8(7-12)4-9(6-10)11(13)14/h4-7,13-14H,2-3H2,1H3. The first-order valence-corrected chi connectivity index (χ1v) is 4.76. The Hall–Kier alpha value is -1.33. The molecule has 1 aromatic rings. The molecule has 2 N–H and O–H groups in total. The van der Waals surface area contributed by atoms with E-state index in [1.807, 2.05) is 6.92 Å². The van der Waals surface area contributed by atoms with Crippen LogP contribution < -0.4 is 10.2 Å². The fourth-order valence-electron chi connectivity index (χ4n) is 1.17. The molecule has 4 nitrogen and oxygen atoms in total. The van der Waals surface area contributed by atoms with E-state index in [0.29, 0.717) is 24.2 Å². The van der Waals surface area contributed by atoms with Gasteiger partial charge in [0.25, 0.3) is 0 Å². The van der Waals surface area contributed by atoms with Gasteiger partial charge < -0.3 is 14.8 Å². The number of aldehydes is 1. The molecule has 0 aliphatic carbocycles. The van der Waals surface area contributed by atoms with Gasteiger partial charge in [-0.15, -0.1) is 0 Å². The summed E-state index contributed by atoms with van der Waals surface area (Å²) in [5, 5.41) is 18.0. The van der Waals surface area contributed by atoms with Gasteiger partial charge in [-0.05, 0) is 24.0 Å². The van der Waals surface area contributed by atoms with Crippen molar-refractivity contribution in [1.29, 1.82) is 0 Å². The summed E-state index contributed by atoms with van der Waals surface area (Å²) in [5.41, 5.74) is 0.623. The predicted molar refractivity (Wildman–Crippen MR) is 57.4 cm³/mol. The third-order valence-electron chi connectivity index (χ3n) is 1.86. The number of carbonyl (C=O) groups excluding carboxylic acids is 1. The van der Waals surface area contributed by atoms with Crippen molar-refractivity contribution >= 4 is 18.9 Å². The smallest absolute Gasteiger partial charge is 0.488 e. The third-order valence-corrected chi connectivity index (χ3v) is 1.86. The van der Waals surface area contributed by atoms with Crippen molar-refractivity contribution in [3.8, 4) is 5.75 Å². The molecule has 15 heavy (non-hydrogen) atoms. The first-order chi connectivity index (χ1) is 7.17. The van der Waals surface area contributed by atoms with Gasteiger partial charge in [-0.1, -0.05) is 13.0 Å². The number of hydrogen-bond acceptors (Lipinski definition) is 4. The molecule has 0 bridgehead atoms. The molecule has 0 saturated heterocycles. The molecule has 0 unspecified atom stereocenters. The number of benzene rings is 1. The summed E-state index contributed by atoms with van der Waals surface area (Å²) >= 11 is 0. The number of rotatable bonds is 5. The Bertz CT molecular complexity index is 338. The van der Waals surface area contributed by atoms with Crippen LogP contribution in [0.2, 0.25) is 0 Å². The number of carbonyl (C=O) groups is 1. The number of ether oxygens (including phenoxy) is 1. The van der Waals surface area contributed by atoms with Crippen molar-refractivity contribution in [2.75, 3.05) is 6.61 Å². The van der Waals surface area contributed by atoms with Gasteiger partial charge in [0, 0.05) is 5.56 Å². The molecule has 0 heterocycles. The van der Waals surface area contributed by atoms with Gasteiger partial charge in [0.2, 0.25) is 0 Å². The maximum Gasteiger partial charge on any atom is 0.488 e. The second-order valence-electron chi connectivity index (χ2n) is 3.18. The molecule has 0 radical (unpaired) electrons. The van der Waals surface area contributed by atoms with Crippen LogP contribution in [0.1, 0.15) is 23.7 Å². The van der Waals surface area contributed by atoms with Crippen LogP contribution in [0.15, 0.2) is 18.2 Å². The average Bonchev–Trinajstić information content (AvgIpc) is 2.25. The van der Waals surface area contributed by atoms with Crippen LogP contribution >= 0.6 is 0 Å². The Morgan fingerprint density at radius 2 is 2.13 bits per heavy atom. The fraction of sp³-hybridized carbons (Fsp3) is 0.300. The summed E-state index contributed by atoms with van der Waals surface area (Å²) in [5.74, 6) is 0.476. The van der Waals surface area contributed by atoms with Crippen LogP contribution in [0.25, 0.3) is 0 Å². The van der Waals surface area contributed by atoms with E-state index in [2.05, 4.69) is 0 Å². The minimum atomic E-state index is -1.59. The molecule has 0 saturated carbocycles. The van der Waals surface area contributed by atoms with Crippen LogP contribution in [-0.4, -0.2) is 30.1 Å². The molecule has 1 rings (SSSR count). The largest absolute Gasteiger partial charge is 0.494 e. The molecule has 0 amide bonds. The van der Waals surface area contributed by atoms with Gasteiger partial charge in [-0.25, -0.2) is 0 Å². The molecule has 0 fully saturated rings. The fourth-order valence-corrected chi connectivity index (χ4v) is 1.17. The van der Waals surface area contributed by atoms with Crippen molar-refractivity contribution in [2.45, 2.75) is 13.3 Å². The van der Waals surface area contributed by atoms with Crippen molar-refractivity contribution in [3.05, 3.63) is 23.8 Å². The van der Waals surface area contributed by atoms with Crippen LogP contribution in [0.4, 0.5) is 0 Å². The highest BCUT2D eigenvalue weighted by Gasteiger charge is 2.13. The zero-order valence-electron chi connectivity index (χ0n) is 8.51. The van der Waals surface area contributed by atoms with Crippen LogP contribution in [0.3, 0.4) is 0 Å². The average molecular weight is 208 g/mol. The van der Waals surface area contributed by atoms with Crippen molar-refractivity contribution in [3.63, 3.8) is 0 Å². The normalized spacial score (nSPS) is 9.80. The van der Waals surface area contributed by atoms with Gasteiger partial charge >= 0.3 is 7.12 Å². The highest BCUT2D eigenvalue weighted by Crippen LogP contribution is 2.11. The van der Waals surface area contributed by atoms with Crippen molar-refractivity contribution in [2.24, 2.45) is 0 Å². The van der Waals surface area contributed by atoms with Gasteiger partial charge in [0.15, 0.2) is 0 Å². The Morgan fingerprint density at radius 1 is 1.40 bits per heavy atom. The lowest BCUT2D eigenvalue weighted by Crippen LogP contribution is -2.30. The first-order valence-electron chi connectivity index (χ1n) is 4.76. The first kappa shape index (κ1) is 11.7. The molecule has 1 aromatic carbocycles. The summed E-state index contributed by atoms with van der Waals surface area (Å²) < 4.78 is 5.31. The summed E-state index contributed by atoms with van der Waals surface area (Å²) in [6.45, 7) is 2.49. The topological polar surface area (TPSA) is 66.8 Å². The molecule has 0 aromatic heterocycles. The van der Waals surface area contributed by atoms with Gasteiger partial charge in [-0.2, -0.15) is 0 Å². The number of hydrogen-bond donors (Lipinski definition) is 2. The lowest BCUT2D eigenvalue weighted by atomic mass is 9.79. The summed E-state index contributed by atoms with van der Waals surface area (Å²) in [6.07, 6.45) is 1.49. The SMILES string of the molecule is CCCOc1cc(C=O)cc(B(O)O)c1. The maximum absolute atomic E-state index is 10.6. The van der Waals surface area contributed by atoms with Gasteiger partial charge in [-0.3, -0.25) is 4.79 Å². The van der Waals surface area contributed by atoms with E-state index in [0.717, 1.165) is 6.42 Å². The van der Waals surface area contributed by atoms with Crippen LogP contribution in [-0.2, 0) is 0 Å². The zero-order valence-corrected chi connectivity index (χ0v) is 8.51. The zero-order chi connectivity index (χ0) is 11.3. The minimum Gasteiger partial charge on any atom is -0.494 e. The third kappa shape index (κ3) is 3.38. The van der Waals surface area contributed by atoms with E-state index >= 15 is 0 Å². The Balaban J connectivity index is 2.95. The van der Waals surface area contributed by atoms with Gasteiger partial charge in [0.1, 0.15) is 12.0 Å². The molecule has 80 valence electrons. The second kappa shape index (κ2) is 5.53. The molecule has 0 aliphatic heterocycles. The van der Waals surface area contributed by atoms with Crippen LogP contribution in [0, 0.1) is 0 Å². The monoisotopic (exact) mass is 208 g/mol. The summed E-state index contributed by atoms with van der Waals surface area (Å²) in [4.78, 5) is 10.6. The second-order valence-corrected chi connectivity index (χ2v) is 3.18. The summed E-state index contributed by atoms with van der Waals surface area (Å²) in [6, 6.07) is 4.48. The van der Waals surface area contributed by atoms with E-state index in [4.69, 9.17) is 14.8 Å². The van der Waals surface area contributed by atoms with E-state index in [1.165, 1.54) is 12.1 Å². The minimum absolute atomic E-state index is 0.255. The predicted octanol–water partition coefficient (Wildman–Crippen LogP) is -0.0323. The highest BCUT2D eigenvalue weighted by molar-refractivity contribution is 6.58. The lowest BCUT2D eigenvalue weighted by molar-refractivity contribution is 0.112. The van der Waals surface area contributed by atoms with E-state index in [1.54, 1.807) is 6.07 Å². The summed E-state index contributed by atoms with van der Waals surface area (Å²) in [7, 11) is -1.59. The van der Waals surface area contributed by atoms with E-state index in [9.17, 15) is 4.79 Å². The highest BCUT2D eigenvalue weighted by atomic mass is 16.5. The van der Waals surface area contributed by atoms with Crippen molar-refractivity contribution in [1.82, 2.24) is 0 Å². The van der Waals surface area contributed by atoms with Gasteiger partial charge in [0.05, 0.1) is 6.61 Å². The Labute approximate surface area is 88.6 Å². The molecule has 0 aliphatic rings. The van der Waals surface area contributed by atoms with E-state index in [-0.39, 0.29) is 5.46 Å². The van der Waals surface area contributed by atoms with E-state index < -0.39 is 7.12 Å². The molecule has 5 heteroatoms. The molecule has 0 spiro atoms. The maximum atomic E-state index is 10.6. The quantitative estimate of drug-likeness (QED) is 0.526. The molecule has 0 atom stereocenters. The molecular formula is C10H13BO4. The Morgan fingerprint density at radius 3 is 2.67 bits per heavy atom. The lowest BCUT2D eigenvalue weighted by Gasteiger charge is -2.07. The van der Waals surface area contributed by atoms with Crippen LogP contribution in [0.5, 0.6) is 5.75 Å². The Kier molecular flexibility index (Phi) is 4.33. The van der Waals surface area contributed by atoms with Crippen molar-refractivity contribution < 1.29 is 19.6 Å². The molecular weight excluding hydrogens is 195 g/mol.